The summed E-state index contributed by atoms with van der Waals surface area (Å²) in [5.74, 6) is 0.891. The van der Waals surface area contributed by atoms with Gasteiger partial charge in [0.1, 0.15) is 5.75 Å². The number of ether oxygens (including phenoxy) is 2. The van der Waals surface area contributed by atoms with Gasteiger partial charge in [-0.05, 0) is 47.0 Å². The molecule has 0 aromatic heterocycles. The highest BCUT2D eigenvalue weighted by Gasteiger charge is 2.24. The van der Waals surface area contributed by atoms with Crippen molar-refractivity contribution in [1.29, 1.82) is 0 Å². The number of nitrogens with one attached hydrogen (secondary N) is 1. The van der Waals surface area contributed by atoms with E-state index in [2.05, 4.69) is 41.2 Å². The third kappa shape index (κ3) is 2.49. The molecule has 0 bridgehead atoms. The molecule has 1 unspecified atom stereocenters. The first-order valence-electron chi connectivity index (χ1n) is 5.81. The van der Waals surface area contributed by atoms with Crippen molar-refractivity contribution in [2.45, 2.75) is 20.0 Å². The van der Waals surface area contributed by atoms with Gasteiger partial charge in [0.2, 0.25) is 0 Å². The Bertz CT molecular complexity index is 414. The average Bonchev–Trinajstić information content (AvgIpc) is 2.34. The van der Waals surface area contributed by atoms with E-state index in [4.69, 9.17) is 9.47 Å². The molecule has 0 spiro atoms. The van der Waals surface area contributed by atoms with Gasteiger partial charge in [0, 0.05) is 18.7 Å². The standard InChI is InChI=1S/C13H18BrNO2/c1-8-6-10(14)13(16-3)12(9(8)2)11-7-15-4-5-17-11/h6,11,15H,4-5,7H2,1-3H3. The zero-order valence-electron chi connectivity index (χ0n) is 10.5. The lowest BCUT2D eigenvalue weighted by atomic mass is 9.97. The number of halogens is 1. The molecule has 2 rings (SSSR count). The molecule has 1 aromatic carbocycles. The molecule has 1 atom stereocenters. The van der Waals surface area contributed by atoms with E-state index in [0.717, 1.165) is 35.5 Å². The summed E-state index contributed by atoms with van der Waals surface area (Å²) in [5.41, 5.74) is 3.66. The van der Waals surface area contributed by atoms with Gasteiger partial charge in [0.15, 0.2) is 0 Å². The monoisotopic (exact) mass is 299 g/mol. The third-order valence-electron chi connectivity index (χ3n) is 3.25. The van der Waals surface area contributed by atoms with Crippen molar-refractivity contribution in [3.8, 4) is 5.75 Å². The molecule has 94 valence electrons. The second-order valence-corrected chi connectivity index (χ2v) is 5.17. The molecule has 1 N–H and O–H groups in total. The molecule has 1 fully saturated rings. The Hall–Kier alpha value is -0.580. The molecule has 1 heterocycles. The summed E-state index contributed by atoms with van der Waals surface area (Å²) in [7, 11) is 1.70. The van der Waals surface area contributed by atoms with E-state index >= 15 is 0 Å². The number of hydrogen-bond acceptors (Lipinski definition) is 3. The van der Waals surface area contributed by atoms with Crippen LogP contribution in [0, 0.1) is 13.8 Å². The second kappa shape index (κ2) is 5.38. The van der Waals surface area contributed by atoms with Crippen molar-refractivity contribution in [3.63, 3.8) is 0 Å². The quantitative estimate of drug-likeness (QED) is 0.911. The zero-order chi connectivity index (χ0) is 12.4. The summed E-state index contributed by atoms with van der Waals surface area (Å²) in [6.07, 6.45) is 0.0786. The van der Waals surface area contributed by atoms with Gasteiger partial charge in [-0.1, -0.05) is 0 Å². The van der Waals surface area contributed by atoms with Crippen LogP contribution in [0.25, 0.3) is 0 Å². The SMILES string of the molecule is COc1c(Br)cc(C)c(C)c1C1CNCCO1. The summed E-state index contributed by atoms with van der Waals surface area (Å²) in [5, 5.41) is 3.35. The highest BCUT2D eigenvalue weighted by atomic mass is 79.9. The second-order valence-electron chi connectivity index (χ2n) is 4.31. The molecule has 0 radical (unpaired) electrons. The molecule has 1 aliphatic rings. The number of methoxy groups -OCH3 is 1. The Kier molecular flexibility index (Phi) is 4.07. The van der Waals surface area contributed by atoms with Crippen LogP contribution in [0.4, 0.5) is 0 Å². The van der Waals surface area contributed by atoms with Crippen molar-refractivity contribution < 1.29 is 9.47 Å². The number of morpholine rings is 1. The summed E-state index contributed by atoms with van der Waals surface area (Å²) in [6, 6.07) is 2.09. The fourth-order valence-corrected chi connectivity index (χ4v) is 2.94. The summed E-state index contributed by atoms with van der Waals surface area (Å²) < 4.78 is 12.3. The summed E-state index contributed by atoms with van der Waals surface area (Å²) >= 11 is 3.56. The minimum atomic E-state index is 0.0786. The molecule has 1 aliphatic heterocycles. The van der Waals surface area contributed by atoms with E-state index < -0.39 is 0 Å². The van der Waals surface area contributed by atoms with Crippen LogP contribution >= 0.6 is 15.9 Å². The number of hydrogen-bond donors (Lipinski definition) is 1. The number of aryl methyl sites for hydroxylation is 1. The lowest BCUT2D eigenvalue weighted by molar-refractivity contribution is 0.0258. The van der Waals surface area contributed by atoms with Gasteiger partial charge in [0.05, 0.1) is 24.3 Å². The Morgan fingerprint density at radius 1 is 1.47 bits per heavy atom. The van der Waals surface area contributed by atoms with Crippen LogP contribution in [0.15, 0.2) is 10.5 Å². The molecule has 1 saturated heterocycles. The molecule has 0 amide bonds. The van der Waals surface area contributed by atoms with Crippen LogP contribution < -0.4 is 10.1 Å². The molecule has 17 heavy (non-hydrogen) atoms. The molecule has 3 nitrogen and oxygen atoms in total. The first kappa shape index (κ1) is 12.9. The van der Waals surface area contributed by atoms with Crippen LogP contribution in [-0.2, 0) is 4.74 Å². The lowest BCUT2D eigenvalue weighted by Gasteiger charge is -2.28. The van der Waals surface area contributed by atoms with Gasteiger partial charge in [-0.25, -0.2) is 0 Å². The topological polar surface area (TPSA) is 30.5 Å². The van der Waals surface area contributed by atoms with Crippen molar-refractivity contribution in [2.75, 3.05) is 26.8 Å². The smallest absolute Gasteiger partial charge is 0.139 e. The fraction of sp³-hybridized carbons (Fsp3) is 0.538. The average molecular weight is 300 g/mol. The molecular formula is C13H18BrNO2. The molecule has 0 saturated carbocycles. The Morgan fingerprint density at radius 3 is 2.82 bits per heavy atom. The van der Waals surface area contributed by atoms with Crippen LogP contribution in [0.1, 0.15) is 22.8 Å². The highest BCUT2D eigenvalue weighted by Crippen LogP contribution is 2.38. The predicted octanol–water partition coefficient (Wildman–Crippen LogP) is 2.74. The minimum absolute atomic E-state index is 0.0786. The summed E-state index contributed by atoms with van der Waals surface area (Å²) in [6.45, 7) is 6.74. The van der Waals surface area contributed by atoms with Crippen LogP contribution in [0.5, 0.6) is 5.75 Å². The Balaban J connectivity index is 2.48. The van der Waals surface area contributed by atoms with Gasteiger partial charge < -0.3 is 14.8 Å². The zero-order valence-corrected chi connectivity index (χ0v) is 12.1. The van der Waals surface area contributed by atoms with Crippen molar-refractivity contribution >= 4 is 15.9 Å². The normalized spacial score (nSPS) is 20.4. The van der Waals surface area contributed by atoms with E-state index in [1.165, 1.54) is 11.1 Å². The number of benzene rings is 1. The predicted molar refractivity (Wildman–Crippen MR) is 71.7 cm³/mol. The summed E-state index contributed by atoms with van der Waals surface area (Å²) in [4.78, 5) is 0. The van der Waals surface area contributed by atoms with Gasteiger partial charge >= 0.3 is 0 Å². The number of rotatable bonds is 2. The molecule has 0 aliphatic carbocycles. The molecule has 4 heteroatoms. The first-order chi connectivity index (χ1) is 8.15. The van der Waals surface area contributed by atoms with Crippen molar-refractivity contribution in [1.82, 2.24) is 5.32 Å². The van der Waals surface area contributed by atoms with Gasteiger partial charge in [-0.3, -0.25) is 0 Å². The largest absolute Gasteiger partial charge is 0.495 e. The maximum absolute atomic E-state index is 5.83. The first-order valence-corrected chi connectivity index (χ1v) is 6.60. The molecular weight excluding hydrogens is 282 g/mol. The highest BCUT2D eigenvalue weighted by molar-refractivity contribution is 9.10. The molecule has 1 aromatic rings. The maximum Gasteiger partial charge on any atom is 0.139 e. The van der Waals surface area contributed by atoms with E-state index in [1.54, 1.807) is 7.11 Å². The van der Waals surface area contributed by atoms with Crippen molar-refractivity contribution in [2.24, 2.45) is 0 Å². The Morgan fingerprint density at radius 2 is 2.24 bits per heavy atom. The minimum Gasteiger partial charge on any atom is -0.495 e. The van der Waals surface area contributed by atoms with E-state index in [-0.39, 0.29) is 6.10 Å². The lowest BCUT2D eigenvalue weighted by Crippen LogP contribution is -2.34. The van der Waals surface area contributed by atoms with E-state index in [0.29, 0.717) is 0 Å². The van der Waals surface area contributed by atoms with Crippen LogP contribution in [0.2, 0.25) is 0 Å². The maximum atomic E-state index is 5.83. The fourth-order valence-electron chi connectivity index (χ4n) is 2.22. The van der Waals surface area contributed by atoms with Gasteiger partial charge in [0.25, 0.3) is 0 Å². The van der Waals surface area contributed by atoms with Crippen molar-refractivity contribution in [3.05, 3.63) is 27.2 Å². The van der Waals surface area contributed by atoms with E-state index in [1.807, 2.05) is 0 Å². The van der Waals surface area contributed by atoms with Crippen LogP contribution in [0.3, 0.4) is 0 Å². The third-order valence-corrected chi connectivity index (χ3v) is 3.84. The van der Waals surface area contributed by atoms with Gasteiger partial charge in [-0.2, -0.15) is 0 Å². The Labute approximate surface area is 111 Å². The van der Waals surface area contributed by atoms with E-state index in [9.17, 15) is 0 Å². The van der Waals surface area contributed by atoms with Gasteiger partial charge in [-0.15, -0.1) is 0 Å². The van der Waals surface area contributed by atoms with Crippen LogP contribution in [-0.4, -0.2) is 26.8 Å².